The topological polar surface area (TPSA) is 41.6 Å². The molecular weight excluding hydrogens is 288 g/mol. The highest BCUT2D eigenvalue weighted by Crippen LogP contribution is 2.18. The summed E-state index contributed by atoms with van der Waals surface area (Å²) in [5.41, 5.74) is 1.76. The number of likely N-dealkylation sites (N-methyl/N-ethyl adjacent to an activating group) is 1. The predicted molar refractivity (Wildman–Crippen MR) is 95.1 cm³/mol. The summed E-state index contributed by atoms with van der Waals surface area (Å²) in [6, 6.07) is 17.2. The number of carbonyl (C=O) groups excluding carboxylic acids is 1. The van der Waals surface area contributed by atoms with E-state index in [1.165, 1.54) is 0 Å². The van der Waals surface area contributed by atoms with Crippen molar-refractivity contribution in [1.29, 1.82) is 0 Å². The minimum atomic E-state index is 0.0242. The number of nitrogens with zero attached hydrogens (tertiary/aromatic N) is 1. The Morgan fingerprint density at radius 3 is 2.70 bits per heavy atom. The van der Waals surface area contributed by atoms with Crippen molar-refractivity contribution in [2.45, 2.75) is 6.92 Å². The van der Waals surface area contributed by atoms with Gasteiger partial charge in [0.05, 0.1) is 6.54 Å². The maximum Gasteiger partial charge on any atom is 0.246 e. The molecule has 0 bridgehead atoms. The first-order valence-corrected chi connectivity index (χ1v) is 7.67. The summed E-state index contributed by atoms with van der Waals surface area (Å²) >= 11 is 0. The second-order valence-electron chi connectivity index (χ2n) is 4.95. The highest BCUT2D eigenvalue weighted by molar-refractivity contribution is 5.96. The van der Waals surface area contributed by atoms with Crippen LogP contribution in [0.4, 0.5) is 11.4 Å². The Balaban J connectivity index is 1.96. The molecule has 2 aromatic carbocycles. The molecule has 0 radical (unpaired) electrons. The lowest BCUT2D eigenvalue weighted by molar-refractivity contribution is -0.116. The molecule has 120 valence electrons. The van der Waals surface area contributed by atoms with Crippen LogP contribution in [0.1, 0.15) is 6.92 Å². The van der Waals surface area contributed by atoms with Crippen molar-refractivity contribution in [1.82, 2.24) is 0 Å². The third kappa shape index (κ3) is 4.88. The molecule has 0 atom stereocenters. The molecule has 4 nitrogen and oxygen atoms in total. The van der Waals surface area contributed by atoms with Gasteiger partial charge in [0.15, 0.2) is 0 Å². The minimum Gasteiger partial charge on any atom is -0.489 e. The van der Waals surface area contributed by atoms with Gasteiger partial charge < -0.3 is 15.0 Å². The molecule has 0 heterocycles. The highest BCUT2D eigenvalue weighted by Gasteiger charge is 2.13. The summed E-state index contributed by atoms with van der Waals surface area (Å²) in [7, 11) is 0. The zero-order chi connectivity index (χ0) is 16.5. The van der Waals surface area contributed by atoms with Crippen LogP contribution in [0.3, 0.4) is 0 Å². The Morgan fingerprint density at radius 2 is 2.00 bits per heavy atom. The number of hydrogen-bond acceptors (Lipinski definition) is 3. The molecule has 0 fully saturated rings. The number of para-hydroxylation sites is 1. The summed E-state index contributed by atoms with van der Waals surface area (Å²) in [5, 5.41) is 3.15. The molecule has 0 aliphatic carbocycles. The number of benzene rings is 2. The van der Waals surface area contributed by atoms with Crippen molar-refractivity contribution >= 4 is 17.3 Å². The van der Waals surface area contributed by atoms with E-state index in [-0.39, 0.29) is 12.5 Å². The van der Waals surface area contributed by atoms with Crippen molar-refractivity contribution < 1.29 is 9.53 Å². The number of rotatable bonds is 8. The maximum absolute atomic E-state index is 12.4. The van der Waals surface area contributed by atoms with Gasteiger partial charge >= 0.3 is 0 Å². The zero-order valence-electron chi connectivity index (χ0n) is 13.4. The largest absolute Gasteiger partial charge is 0.489 e. The lowest BCUT2D eigenvalue weighted by atomic mass is 10.2. The summed E-state index contributed by atoms with van der Waals surface area (Å²) < 4.78 is 5.49. The van der Waals surface area contributed by atoms with Crippen molar-refractivity contribution in [2.24, 2.45) is 0 Å². The van der Waals surface area contributed by atoms with Gasteiger partial charge in [-0.25, -0.2) is 0 Å². The number of nitrogens with one attached hydrogen (secondary N) is 1. The van der Waals surface area contributed by atoms with Crippen molar-refractivity contribution in [3.63, 3.8) is 0 Å². The minimum absolute atomic E-state index is 0.0242. The fraction of sp³-hybridized carbons (Fsp3) is 0.211. The smallest absolute Gasteiger partial charge is 0.246 e. The standard InChI is InChI=1S/C19H22N2O2/c1-3-13-23-18-12-8-9-16(14-18)20-15-19(22)21(4-2)17-10-6-5-7-11-17/h3,5-12,14,20H,1,4,13,15H2,2H3. The molecular formula is C19H22N2O2. The van der Waals surface area contributed by atoms with E-state index in [2.05, 4.69) is 11.9 Å². The lowest BCUT2D eigenvalue weighted by Gasteiger charge is -2.21. The van der Waals surface area contributed by atoms with Gasteiger partial charge in [0.2, 0.25) is 5.91 Å². The molecule has 4 heteroatoms. The number of anilines is 2. The fourth-order valence-corrected chi connectivity index (χ4v) is 2.23. The van der Waals surface area contributed by atoms with E-state index in [9.17, 15) is 4.79 Å². The van der Waals surface area contributed by atoms with Gasteiger partial charge in [-0.3, -0.25) is 4.79 Å². The summed E-state index contributed by atoms with van der Waals surface area (Å²) in [5.74, 6) is 0.772. The van der Waals surface area contributed by atoms with Gasteiger partial charge in [-0.15, -0.1) is 0 Å². The van der Waals surface area contributed by atoms with E-state index in [1.54, 1.807) is 11.0 Å². The van der Waals surface area contributed by atoms with Gasteiger partial charge in [-0.1, -0.05) is 36.9 Å². The molecule has 2 rings (SSSR count). The van der Waals surface area contributed by atoms with Crippen LogP contribution in [-0.2, 0) is 4.79 Å². The fourth-order valence-electron chi connectivity index (χ4n) is 2.23. The van der Waals surface area contributed by atoms with Gasteiger partial charge in [-0.2, -0.15) is 0 Å². The van der Waals surface area contributed by atoms with Crippen molar-refractivity contribution in [3.05, 3.63) is 67.3 Å². The summed E-state index contributed by atoms with van der Waals surface area (Å²) in [6.45, 7) is 6.91. The monoisotopic (exact) mass is 310 g/mol. The van der Waals surface area contributed by atoms with E-state index in [0.29, 0.717) is 13.2 Å². The molecule has 0 aliphatic rings. The number of amides is 1. The average Bonchev–Trinajstić information content (AvgIpc) is 2.60. The van der Waals surface area contributed by atoms with Crippen LogP contribution in [0.5, 0.6) is 5.75 Å². The first kappa shape index (κ1) is 16.6. The number of carbonyl (C=O) groups is 1. The van der Waals surface area contributed by atoms with Crippen molar-refractivity contribution in [2.75, 3.05) is 29.9 Å². The summed E-state index contributed by atoms with van der Waals surface area (Å²) in [4.78, 5) is 14.2. The Labute approximate surface area is 137 Å². The number of ether oxygens (including phenoxy) is 1. The summed E-state index contributed by atoms with van der Waals surface area (Å²) in [6.07, 6.45) is 1.70. The van der Waals surface area contributed by atoms with E-state index >= 15 is 0 Å². The Bertz CT molecular complexity index is 641. The van der Waals surface area contributed by atoms with Crippen molar-refractivity contribution in [3.8, 4) is 5.75 Å². The molecule has 0 spiro atoms. The number of hydrogen-bond donors (Lipinski definition) is 1. The van der Waals surface area contributed by atoms with Crippen LogP contribution >= 0.6 is 0 Å². The zero-order valence-corrected chi connectivity index (χ0v) is 13.4. The van der Waals surface area contributed by atoms with Crippen LogP contribution in [0.15, 0.2) is 67.3 Å². The van der Waals surface area contributed by atoms with E-state index < -0.39 is 0 Å². The van der Waals surface area contributed by atoms with Gasteiger partial charge in [-0.05, 0) is 31.2 Å². The Hall–Kier alpha value is -2.75. The van der Waals surface area contributed by atoms with E-state index in [0.717, 1.165) is 17.1 Å². The van der Waals surface area contributed by atoms with Crippen LogP contribution < -0.4 is 15.0 Å². The van der Waals surface area contributed by atoms with Crippen LogP contribution in [0, 0.1) is 0 Å². The second-order valence-corrected chi connectivity index (χ2v) is 4.95. The highest BCUT2D eigenvalue weighted by atomic mass is 16.5. The molecule has 1 N–H and O–H groups in total. The second kappa shape index (κ2) is 8.63. The van der Waals surface area contributed by atoms with Gasteiger partial charge in [0, 0.05) is 24.0 Å². The first-order valence-electron chi connectivity index (χ1n) is 7.67. The SMILES string of the molecule is C=CCOc1cccc(NCC(=O)N(CC)c2ccccc2)c1. The first-order chi connectivity index (χ1) is 11.2. The third-order valence-corrected chi connectivity index (χ3v) is 3.33. The molecule has 0 saturated carbocycles. The molecule has 0 aromatic heterocycles. The molecule has 23 heavy (non-hydrogen) atoms. The maximum atomic E-state index is 12.4. The lowest BCUT2D eigenvalue weighted by Crippen LogP contribution is -2.35. The molecule has 0 unspecified atom stereocenters. The van der Waals surface area contributed by atoms with Crippen LogP contribution in [0.2, 0.25) is 0 Å². The van der Waals surface area contributed by atoms with Gasteiger partial charge in [0.1, 0.15) is 12.4 Å². The normalized spacial score (nSPS) is 9.96. The van der Waals surface area contributed by atoms with E-state index in [1.807, 2.05) is 61.5 Å². The van der Waals surface area contributed by atoms with Crippen LogP contribution in [-0.4, -0.2) is 25.6 Å². The average molecular weight is 310 g/mol. The quantitative estimate of drug-likeness (QED) is 0.756. The third-order valence-electron chi connectivity index (χ3n) is 3.33. The molecule has 1 amide bonds. The molecule has 0 aliphatic heterocycles. The molecule has 0 saturated heterocycles. The Morgan fingerprint density at radius 1 is 1.22 bits per heavy atom. The predicted octanol–water partition coefficient (Wildman–Crippen LogP) is 3.72. The van der Waals surface area contributed by atoms with Gasteiger partial charge in [0.25, 0.3) is 0 Å². The van der Waals surface area contributed by atoms with Crippen LogP contribution in [0.25, 0.3) is 0 Å². The Kier molecular flexibility index (Phi) is 6.24. The van der Waals surface area contributed by atoms with E-state index in [4.69, 9.17) is 4.74 Å². The molecule has 2 aromatic rings.